The van der Waals surface area contributed by atoms with E-state index in [0.717, 1.165) is 5.56 Å². The lowest BCUT2D eigenvalue weighted by atomic mass is 10.2. The number of methoxy groups -OCH3 is 4. The maximum Gasteiger partial charge on any atom is 0.262 e. The van der Waals surface area contributed by atoms with E-state index in [-0.39, 0.29) is 16.5 Å². The van der Waals surface area contributed by atoms with Gasteiger partial charge in [0.05, 0.1) is 39.0 Å². The van der Waals surface area contributed by atoms with Crippen LogP contribution in [0.4, 0.5) is 11.4 Å². The molecule has 1 amide bonds. The molecule has 10 heteroatoms. The fraction of sp³-hybridized carbons (Fsp3) is 0.160. The highest BCUT2D eigenvalue weighted by atomic mass is 32.2. The molecule has 0 spiro atoms. The first-order valence-electron chi connectivity index (χ1n) is 10.4. The summed E-state index contributed by atoms with van der Waals surface area (Å²) >= 11 is 0. The molecule has 3 aromatic carbocycles. The van der Waals surface area contributed by atoms with Gasteiger partial charge in [0.15, 0.2) is 11.5 Å². The Morgan fingerprint density at radius 3 is 2.09 bits per heavy atom. The fourth-order valence-corrected chi connectivity index (χ4v) is 4.19. The maximum absolute atomic E-state index is 12.8. The quantitative estimate of drug-likeness (QED) is 0.404. The molecule has 0 saturated carbocycles. The average Bonchev–Trinajstić information content (AvgIpc) is 2.87. The van der Waals surface area contributed by atoms with Crippen LogP contribution in [0.1, 0.15) is 5.56 Å². The highest BCUT2D eigenvalue weighted by molar-refractivity contribution is 7.92. The summed E-state index contributed by atoms with van der Waals surface area (Å²) in [5, 5.41) is 2.69. The third-order valence-electron chi connectivity index (χ3n) is 4.92. The molecular formula is C25H26N2O7S. The van der Waals surface area contributed by atoms with E-state index >= 15 is 0 Å². The number of carbonyl (C=O) groups excluding carboxylic acids is 1. The molecule has 0 aliphatic heterocycles. The number of ether oxygens (including phenoxy) is 4. The first-order valence-corrected chi connectivity index (χ1v) is 11.8. The minimum absolute atomic E-state index is 0.0224. The van der Waals surface area contributed by atoms with E-state index in [1.807, 2.05) is 0 Å². The molecule has 0 atom stereocenters. The number of anilines is 2. The van der Waals surface area contributed by atoms with Crippen molar-refractivity contribution >= 4 is 33.4 Å². The molecule has 2 N–H and O–H groups in total. The second-order valence-electron chi connectivity index (χ2n) is 7.13. The molecule has 0 bridgehead atoms. The Morgan fingerprint density at radius 2 is 1.46 bits per heavy atom. The maximum atomic E-state index is 12.8. The summed E-state index contributed by atoms with van der Waals surface area (Å²) in [6, 6.07) is 15.8. The summed E-state index contributed by atoms with van der Waals surface area (Å²) in [7, 11) is 2.13. The van der Waals surface area contributed by atoms with Crippen LogP contribution >= 0.6 is 0 Å². The van der Waals surface area contributed by atoms with Crippen molar-refractivity contribution in [1.82, 2.24) is 0 Å². The molecule has 9 nitrogen and oxygen atoms in total. The summed E-state index contributed by atoms with van der Waals surface area (Å²) < 4.78 is 48.9. The van der Waals surface area contributed by atoms with Gasteiger partial charge >= 0.3 is 0 Å². The Labute approximate surface area is 204 Å². The van der Waals surface area contributed by atoms with Crippen molar-refractivity contribution in [2.45, 2.75) is 4.90 Å². The summed E-state index contributed by atoms with van der Waals surface area (Å²) in [5.41, 5.74) is 1.46. The van der Waals surface area contributed by atoms with Crippen LogP contribution in [0.15, 0.2) is 71.6 Å². The lowest BCUT2D eigenvalue weighted by Gasteiger charge is -2.13. The largest absolute Gasteiger partial charge is 0.497 e. The zero-order chi connectivity index (χ0) is 25.4. The molecule has 0 heterocycles. The van der Waals surface area contributed by atoms with Gasteiger partial charge in [0.1, 0.15) is 11.5 Å². The average molecular weight is 499 g/mol. The summed E-state index contributed by atoms with van der Waals surface area (Å²) in [6.45, 7) is 0. The first-order chi connectivity index (χ1) is 16.8. The van der Waals surface area contributed by atoms with Gasteiger partial charge in [-0.1, -0.05) is 6.07 Å². The van der Waals surface area contributed by atoms with Gasteiger partial charge in [-0.15, -0.1) is 0 Å². The van der Waals surface area contributed by atoms with Crippen LogP contribution in [0.25, 0.3) is 6.08 Å². The van der Waals surface area contributed by atoms with E-state index in [4.69, 9.17) is 18.9 Å². The normalized spacial score (nSPS) is 11.1. The molecule has 0 aromatic heterocycles. The number of amides is 1. The summed E-state index contributed by atoms with van der Waals surface area (Å²) in [4.78, 5) is 12.3. The van der Waals surface area contributed by atoms with E-state index in [0.29, 0.717) is 28.7 Å². The van der Waals surface area contributed by atoms with Crippen LogP contribution < -0.4 is 29.0 Å². The molecule has 0 saturated heterocycles. The third-order valence-corrected chi connectivity index (χ3v) is 6.30. The lowest BCUT2D eigenvalue weighted by molar-refractivity contribution is -0.111. The highest BCUT2D eigenvalue weighted by Gasteiger charge is 2.17. The van der Waals surface area contributed by atoms with E-state index in [1.165, 1.54) is 51.7 Å². The zero-order valence-electron chi connectivity index (χ0n) is 19.7. The fourth-order valence-electron chi connectivity index (χ4n) is 3.12. The van der Waals surface area contributed by atoms with Gasteiger partial charge in [-0.2, -0.15) is 0 Å². The molecule has 0 aliphatic carbocycles. The number of carbonyl (C=O) groups is 1. The second-order valence-corrected chi connectivity index (χ2v) is 8.82. The number of benzene rings is 3. The van der Waals surface area contributed by atoms with Gasteiger partial charge in [0, 0.05) is 17.8 Å². The number of nitrogens with one attached hydrogen (secondary N) is 2. The minimum Gasteiger partial charge on any atom is -0.497 e. The van der Waals surface area contributed by atoms with E-state index < -0.39 is 10.0 Å². The Morgan fingerprint density at radius 1 is 0.771 bits per heavy atom. The van der Waals surface area contributed by atoms with Crippen molar-refractivity contribution in [2.24, 2.45) is 0 Å². The van der Waals surface area contributed by atoms with Gasteiger partial charge in [0.2, 0.25) is 5.91 Å². The Bertz CT molecular complexity index is 1320. The molecule has 0 aliphatic rings. The Kier molecular flexibility index (Phi) is 8.21. The van der Waals surface area contributed by atoms with Gasteiger partial charge in [0.25, 0.3) is 10.0 Å². The van der Waals surface area contributed by atoms with Crippen LogP contribution in [-0.2, 0) is 14.8 Å². The van der Waals surface area contributed by atoms with Crippen molar-refractivity contribution in [3.8, 4) is 23.0 Å². The minimum atomic E-state index is -3.89. The van der Waals surface area contributed by atoms with Crippen molar-refractivity contribution < 1.29 is 32.2 Å². The molecule has 184 valence electrons. The SMILES string of the molecule is COc1ccc(NS(=O)(=O)c2ccc(NC(=O)/C=C/c3ccc(OC)c(OC)c3)cc2)c(OC)c1. The van der Waals surface area contributed by atoms with E-state index in [1.54, 1.807) is 49.6 Å². The molecule has 3 aromatic rings. The predicted octanol–water partition coefficient (Wildman–Crippen LogP) is 4.17. The molecule has 0 radical (unpaired) electrons. The Hall–Kier alpha value is -4.18. The van der Waals surface area contributed by atoms with Crippen LogP contribution in [0.2, 0.25) is 0 Å². The summed E-state index contributed by atoms with van der Waals surface area (Å²) in [6.07, 6.45) is 2.99. The second kappa shape index (κ2) is 11.3. The van der Waals surface area contributed by atoms with Crippen molar-refractivity contribution in [3.05, 3.63) is 72.3 Å². The molecule has 3 rings (SSSR count). The van der Waals surface area contributed by atoms with E-state index in [2.05, 4.69) is 10.0 Å². The number of rotatable bonds is 10. The van der Waals surface area contributed by atoms with Crippen molar-refractivity contribution in [1.29, 1.82) is 0 Å². The van der Waals surface area contributed by atoms with Gasteiger partial charge in [-0.3, -0.25) is 9.52 Å². The smallest absolute Gasteiger partial charge is 0.262 e. The van der Waals surface area contributed by atoms with Crippen LogP contribution in [0, 0.1) is 0 Å². The van der Waals surface area contributed by atoms with Gasteiger partial charge in [-0.25, -0.2) is 8.42 Å². The zero-order valence-corrected chi connectivity index (χ0v) is 20.5. The number of hydrogen-bond acceptors (Lipinski definition) is 7. The predicted molar refractivity (Wildman–Crippen MR) is 134 cm³/mol. The monoisotopic (exact) mass is 498 g/mol. The molecule has 0 unspecified atom stereocenters. The molecule has 0 fully saturated rings. The highest BCUT2D eigenvalue weighted by Crippen LogP contribution is 2.31. The topological polar surface area (TPSA) is 112 Å². The van der Waals surface area contributed by atoms with Crippen LogP contribution in [-0.4, -0.2) is 42.8 Å². The van der Waals surface area contributed by atoms with Crippen molar-refractivity contribution in [3.63, 3.8) is 0 Å². The number of sulfonamides is 1. The van der Waals surface area contributed by atoms with Crippen molar-refractivity contribution in [2.75, 3.05) is 38.5 Å². The lowest BCUT2D eigenvalue weighted by Crippen LogP contribution is -2.14. The van der Waals surface area contributed by atoms with E-state index in [9.17, 15) is 13.2 Å². The third kappa shape index (κ3) is 6.45. The molecule has 35 heavy (non-hydrogen) atoms. The first kappa shape index (κ1) is 25.4. The Balaban J connectivity index is 1.67. The summed E-state index contributed by atoms with van der Waals surface area (Å²) in [5.74, 6) is 1.61. The molecular weight excluding hydrogens is 472 g/mol. The standard InChI is InChI=1S/C25H26N2O7S/c1-31-19-9-12-21(23(16-19)33-3)27-35(29,30)20-10-7-18(8-11-20)26-25(28)14-6-17-5-13-22(32-2)24(15-17)34-4/h5-16,27H,1-4H3,(H,26,28)/b14-6+. The van der Waals surface area contributed by atoms with Gasteiger partial charge < -0.3 is 24.3 Å². The number of hydrogen-bond donors (Lipinski definition) is 2. The van der Waals surface area contributed by atoms with Crippen LogP contribution in [0.3, 0.4) is 0 Å². The van der Waals surface area contributed by atoms with Gasteiger partial charge in [-0.05, 0) is 60.2 Å². The van der Waals surface area contributed by atoms with Crippen LogP contribution in [0.5, 0.6) is 23.0 Å².